The van der Waals surface area contributed by atoms with Crippen LogP contribution in [0.1, 0.15) is 17.3 Å². The normalized spacial score (nSPS) is 17.5. The van der Waals surface area contributed by atoms with Crippen molar-refractivity contribution >= 4 is 39.0 Å². The number of aromatic hydroxyl groups is 1. The number of piperazine rings is 1. The van der Waals surface area contributed by atoms with Gasteiger partial charge in [-0.25, -0.2) is 0 Å². The fraction of sp³-hybridized carbons (Fsp3) is 0.429. The molecule has 1 aliphatic heterocycles. The van der Waals surface area contributed by atoms with Gasteiger partial charge >= 0.3 is 0 Å². The van der Waals surface area contributed by atoms with Crippen molar-refractivity contribution in [2.24, 2.45) is 5.73 Å². The highest BCUT2D eigenvalue weighted by molar-refractivity contribution is 9.10. The summed E-state index contributed by atoms with van der Waals surface area (Å²) in [5.41, 5.74) is 6.15. The first-order chi connectivity index (χ1) is 9.90. The van der Waals surface area contributed by atoms with E-state index in [9.17, 15) is 9.90 Å². The Morgan fingerprint density at radius 2 is 2.00 bits per heavy atom. The summed E-state index contributed by atoms with van der Waals surface area (Å²) in [5, 5.41) is 9.67. The van der Waals surface area contributed by atoms with Gasteiger partial charge in [0.2, 0.25) is 0 Å². The number of hydrogen-bond donors (Lipinski definition) is 2. The molecule has 0 spiro atoms. The SMILES string of the molecule is CC(C(N)=S)N1CCN(C(=O)c2ccc(Br)c(O)c2)CC1. The molecule has 2 rings (SSSR count). The second-order valence-electron chi connectivity index (χ2n) is 5.07. The van der Waals surface area contributed by atoms with E-state index in [1.54, 1.807) is 17.0 Å². The maximum atomic E-state index is 12.4. The molecule has 1 aromatic carbocycles. The van der Waals surface area contributed by atoms with Gasteiger partial charge in [0.25, 0.3) is 5.91 Å². The Labute approximate surface area is 137 Å². The lowest BCUT2D eigenvalue weighted by atomic mass is 10.1. The summed E-state index contributed by atoms with van der Waals surface area (Å²) in [6, 6.07) is 4.91. The lowest BCUT2D eigenvalue weighted by Gasteiger charge is -2.37. The zero-order valence-corrected chi connectivity index (χ0v) is 14.2. The van der Waals surface area contributed by atoms with E-state index in [4.69, 9.17) is 18.0 Å². The van der Waals surface area contributed by atoms with Gasteiger partial charge in [0.15, 0.2) is 0 Å². The second kappa shape index (κ2) is 6.72. The lowest BCUT2D eigenvalue weighted by Crippen LogP contribution is -2.53. The van der Waals surface area contributed by atoms with Crippen LogP contribution in [0, 0.1) is 0 Å². The van der Waals surface area contributed by atoms with Crippen LogP contribution in [0.15, 0.2) is 22.7 Å². The zero-order chi connectivity index (χ0) is 15.6. The summed E-state index contributed by atoms with van der Waals surface area (Å²) in [6.45, 7) is 4.72. The van der Waals surface area contributed by atoms with Crippen molar-refractivity contribution in [3.05, 3.63) is 28.2 Å². The third-order valence-corrected chi connectivity index (χ3v) is 4.77. The summed E-state index contributed by atoms with van der Waals surface area (Å²) < 4.78 is 0.578. The summed E-state index contributed by atoms with van der Waals surface area (Å²) in [4.78, 5) is 16.8. The number of nitrogens with two attached hydrogens (primary N) is 1. The Bertz CT molecular complexity index is 559. The molecule has 7 heteroatoms. The summed E-state index contributed by atoms with van der Waals surface area (Å²) >= 11 is 8.21. The molecule has 114 valence electrons. The Balaban J connectivity index is 2.00. The second-order valence-corrected chi connectivity index (χ2v) is 6.40. The van der Waals surface area contributed by atoms with Crippen molar-refractivity contribution < 1.29 is 9.90 Å². The van der Waals surface area contributed by atoms with E-state index in [1.807, 2.05) is 6.92 Å². The minimum absolute atomic E-state index is 0.0500. The molecule has 1 amide bonds. The number of nitrogens with zero attached hydrogens (tertiary/aromatic N) is 2. The van der Waals surface area contributed by atoms with Crippen molar-refractivity contribution in [1.29, 1.82) is 0 Å². The number of hydrogen-bond acceptors (Lipinski definition) is 4. The standard InChI is InChI=1S/C14H18BrN3O2S/c1-9(13(16)21)17-4-6-18(7-5-17)14(20)10-2-3-11(15)12(19)8-10/h2-3,8-9,19H,4-7H2,1H3,(H2,16,21). The molecule has 5 nitrogen and oxygen atoms in total. The van der Waals surface area contributed by atoms with Crippen molar-refractivity contribution in [1.82, 2.24) is 9.80 Å². The molecule has 0 aliphatic carbocycles. The average Bonchev–Trinajstić information content (AvgIpc) is 2.48. The average molecular weight is 372 g/mol. The van der Waals surface area contributed by atoms with Crippen LogP contribution in [0.2, 0.25) is 0 Å². The molecule has 1 heterocycles. The van der Waals surface area contributed by atoms with Gasteiger partial charge in [-0.2, -0.15) is 0 Å². The summed E-state index contributed by atoms with van der Waals surface area (Å²) in [6.07, 6.45) is 0. The van der Waals surface area contributed by atoms with E-state index in [2.05, 4.69) is 20.8 Å². The smallest absolute Gasteiger partial charge is 0.254 e. The number of carbonyl (C=O) groups is 1. The van der Waals surface area contributed by atoms with E-state index in [0.29, 0.717) is 28.1 Å². The number of carbonyl (C=O) groups excluding carboxylic acids is 1. The van der Waals surface area contributed by atoms with Crippen LogP contribution < -0.4 is 5.73 Å². The summed E-state index contributed by atoms with van der Waals surface area (Å²) in [7, 11) is 0. The number of benzene rings is 1. The molecule has 1 atom stereocenters. The molecule has 1 fully saturated rings. The Hall–Kier alpha value is -1.18. The van der Waals surface area contributed by atoms with Gasteiger partial charge in [-0.05, 0) is 41.1 Å². The fourth-order valence-electron chi connectivity index (χ4n) is 2.32. The third kappa shape index (κ3) is 3.72. The maximum absolute atomic E-state index is 12.4. The molecule has 0 bridgehead atoms. The summed E-state index contributed by atoms with van der Waals surface area (Å²) in [5.74, 6) is 0.00187. The van der Waals surface area contributed by atoms with Gasteiger partial charge in [0.1, 0.15) is 5.75 Å². The van der Waals surface area contributed by atoms with E-state index in [1.165, 1.54) is 6.07 Å². The van der Waals surface area contributed by atoms with Gasteiger partial charge < -0.3 is 15.7 Å². The number of phenols is 1. The Morgan fingerprint density at radius 1 is 1.38 bits per heavy atom. The molecule has 0 aromatic heterocycles. The van der Waals surface area contributed by atoms with Crippen LogP contribution in [0.3, 0.4) is 0 Å². The molecule has 1 saturated heterocycles. The first-order valence-electron chi connectivity index (χ1n) is 6.71. The Morgan fingerprint density at radius 3 is 2.52 bits per heavy atom. The van der Waals surface area contributed by atoms with Crippen LogP contribution in [0.5, 0.6) is 5.75 Å². The van der Waals surface area contributed by atoms with E-state index in [0.717, 1.165) is 13.1 Å². The number of amides is 1. The first kappa shape index (κ1) is 16.2. The predicted octanol–water partition coefficient (Wildman–Crippen LogP) is 1.59. The highest BCUT2D eigenvalue weighted by Gasteiger charge is 2.25. The van der Waals surface area contributed by atoms with Crippen LogP contribution >= 0.6 is 28.1 Å². The molecule has 0 radical (unpaired) electrons. The van der Waals surface area contributed by atoms with Crippen molar-refractivity contribution in [3.63, 3.8) is 0 Å². The van der Waals surface area contributed by atoms with Gasteiger partial charge in [-0.1, -0.05) is 12.2 Å². The van der Waals surface area contributed by atoms with E-state index >= 15 is 0 Å². The predicted molar refractivity (Wildman–Crippen MR) is 89.5 cm³/mol. The first-order valence-corrected chi connectivity index (χ1v) is 7.91. The highest BCUT2D eigenvalue weighted by atomic mass is 79.9. The molecular formula is C14H18BrN3O2S. The molecular weight excluding hydrogens is 354 g/mol. The Kier molecular flexibility index (Phi) is 5.18. The number of halogens is 1. The van der Waals surface area contributed by atoms with Gasteiger partial charge in [0.05, 0.1) is 15.5 Å². The van der Waals surface area contributed by atoms with Gasteiger partial charge in [-0.15, -0.1) is 0 Å². The van der Waals surface area contributed by atoms with Crippen LogP contribution in [-0.4, -0.2) is 58.0 Å². The quantitative estimate of drug-likeness (QED) is 0.789. The van der Waals surface area contributed by atoms with Gasteiger partial charge in [0, 0.05) is 31.7 Å². The highest BCUT2D eigenvalue weighted by Crippen LogP contribution is 2.25. The van der Waals surface area contributed by atoms with Gasteiger partial charge in [-0.3, -0.25) is 9.69 Å². The van der Waals surface area contributed by atoms with Crippen LogP contribution in [0.4, 0.5) is 0 Å². The molecule has 3 N–H and O–H groups in total. The number of rotatable bonds is 3. The molecule has 21 heavy (non-hydrogen) atoms. The monoisotopic (exact) mass is 371 g/mol. The van der Waals surface area contributed by atoms with Crippen molar-refractivity contribution in [3.8, 4) is 5.75 Å². The van der Waals surface area contributed by atoms with E-state index in [-0.39, 0.29) is 17.7 Å². The fourth-order valence-corrected chi connectivity index (χ4v) is 2.72. The maximum Gasteiger partial charge on any atom is 0.254 e. The molecule has 1 unspecified atom stereocenters. The van der Waals surface area contributed by atoms with Crippen molar-refractivity contribution in [2.75, 3.05) is 26.2 Å². The molecule has 1 aliphatic rings. The third-order valence-electron chi connectivity index (χ3n) is 3.75. The van der Waals surface area contributed by atoms with E-state index < -0.39 is 0 Å². The zero-order valence-electron chi connectivity index (χ0n) is 11.8. The van der Waals surface area contributed by atoms with Crippen LogP contribution in [-0.2, 0) is 0 Å². The minimum atomic E-state index is -0.0690. The molecule has 1 aromatic rings. The molecule has 0 saturated carbocycles. The van der Waals surface area contributed by atoms with Crippen molar-refractivity contribution in [2.45, 2.75) is 13.0 Å². The topological polar surface area (TPSA) is 69.8 Å². The minimum Gasteiger partial charge on any atom is -0.507 e. The lowest BCUT2D eigenvalue weighted by molar-refractivity contribution is 0.0621. The number of thiocarbonyl (C=S) groups is 1. The largest absolute Gasteiger partial charge is 0.507 e. The number of phenolic OH excluding ortho intramolecular Hbond substituents is 1. The van der Waals surface area contributed by atoms with Crippen LogP contribution in [0.25, 0.3) is 0 Å².